The van der Waals surface area contributed by atoms with Gasteiger partial charge in [-0.2, -0.15) is 0 Å². The minimum atomic E-state index is -0.217. The summed E-state index contributed by atoms with van der Waals surface area (Å²) in [6.45, 7) is 3.63. The SMILES string of the molecule is CN=C(NCc1ccc(F)cc1)NCC(C)c1cccs1.I. The maximum atomic E-state index is 12.8. The summed E-state index contributed by atoms with van der Waals surface area (Å²) in [6, 6.07) is 10.7. The van der Waals surface area contributed by atoms with Gasteiger partial charge in [-0.1, -0.05) is 25.1 Å². The summed E-state index contributed by atoms with van der Waals surface area (Å²) in [4.78, 5) is 5.56. The van der Waals surface area contributed by atoms with Crippen molar-refractivity contribution in [2.45, 2.75) is 19.4 Å². The van der Waals surface area contributed by atoms with Crippen molar-refractivity contribution in [3.05, 3.63) is 58.0 Å². The minimum absolute atomic E-state index is 0. The van der Waals surface area contributed by atoms with Crippen molar-refractivity contribution >= 4 is 41.3 Å². The maximum Gasteiger partial charge on any atom is 0.191 e. The van der Waals surface area contributed by atoms with Crippen molar-refractivity contribution in [2.24, 2.45) is 4.99 Å². The molecule has 0 radical (unpaired) electrons. The van der Waals surface area contributed by atoms with Crippen LogP contribution in [0.25, 0.3) is 0 Å². The molecular weight excluding hydrogens is 412 g/mol. The molecule has 0 saturated carbocycles. The molecule has 3 nitrogen and oxygen atoms in total. The average molecular weight is 433 g/mol. The highest BCUT2D eigenvalue weighted by Gasteiger charge is 2.07. The number of hydrogen-bond acceptors (Lipinski definition) is 2. The van der Waals surface area contributed by atoms with Gasteiger partial charge in [0.1, 0.15) is 5.82 Å². The molecule has 1 heterocycles. The molecule has 1 atom stereocenters. The summed E-state index contributed by atoms with van der Waals surface area (Å²) in [6.07, 6.45) is 0. The highest BCUT2D eigenvalue weighted by Crippen LogP contribution is 2.19. The largest absolute Gasteiger partial charge is 0.356 e. The number of hydrogen-bond donors (Lipinski definition) is 2. The summed E-state index contributed by atoms with van der Waals surface area (Å²) in [5.74, 6) is 0.975. The van der Waals surface area contributed by atoms with E-state index < -0.39 is 0 Å². The molecule has 2 rings (SSSR count). The van der Waals surface area contributed by atoms with Crippen LogP contribution in [0.15, 0.2) is 46.8 Å². The zero-order valence-electron chi connectivity index (χ0n) is 12.7. The van der Waals surface area contributed by atoms with Gasteiger partial charge in [-0.15, -0.1) is 35.3 Å². The quantitative estimate of drug-likeness (QED) is 0.425. The topological polar surface area (TPSA) is 36.4 Å². The Morgan fingerprint density at radius 3 is 2.55 bits per heavy atom. The fourth-order valence-electron chi connectivity index (χ4n) is 1.93. The predicted octanol–water partition coefficient (Wildman–Crippen LogP) is 3.97. The number of guanidine groups is 1. The zero-order chi connectivity index (χ0) is 15.1. The van der Waals surface area contributed by atoms with Crippen molar-refractivity contribution in [1.82, 2.24) is 10.6 Å². The molecule has 0 fully saturated rings. The predicted molar refractivity (Wildman–Crippen MR) is 103 cm³/mol. The van der Waals surface area contributed by atoms with Crippen molar-refractivity contribution in [3.63, 3.8) is 0 Å². The lowest BCUT2D eigenvalue weighted by molar-refractivity contribution is 0.626. The summed E-state index contributed by atoms with van der Waals surface area (Å²) in [5, 5.41) is 8.63. The Kier molecular flexibility index (Phi) is 8.40. The van der Waals surface area contributed by atoms with Gasteiger partial charge < -0.3 is 10.6 Å². The number of halogens is 2. The first kappa shape index (κ1) is 18.9. The molecular formula is C16H21FIN3S. The monoisotopic (exact) mass is 433 g/mol. The number of aliphatic imine (C=N–C) groups is 1. The molecule has 0 spiro atoms. The second-order valence-electron chi connectivity index (χ2n) is 4.85. The molecule has 1 aromatic heterocycles. The Bertz CT molecular complexity index is 570. The second kappa shape index (κ2) is 9.78. The molecule has 120 valence electrons. The van der Waals surface area contributed by atoms with Crippen LogP contribution in [-0.4, -0.2) is 19.6 Å². The molecule has 2 aromatic rings. The summed E-state index contributed by atoms with van der Waals surface area (Å²) < 4.78 is 12.8. The Morgan fingerprint density at radius 1 is 1.23 bits per heavy atom. The van der Waals surface area contributed by atoms with Crippen LogP contribution in [0, 0.1) is 5.82 Å². The number of benzene rings is 1. The molecule has 1 unspecified atom stereocenters. The Labute approximate surface area is 152 Å². The van der Waals surface area contributed by atoms with Gasteiger partial charge in [0, 0.05) is 30.9 Å². The third-order valence-corrected chi connectivity index (χ3v) is 4.31. The van der Waals surface area contributed by atoms with Crippen LogP contribution < -0.4 is 10.6 Å². The normalized spacial score (nSPS) is 12.4. The Balaban J connectivity index is 0.00000242. The first-order chi connectivity index (χ1) is 10.2. The molecule has 0 amide bonds. The molecule has 0 saturated heterocycles. The van der Waals surface area contributed by atoms with Crippen LogP contribution in [0.1, 0.15) is 23.3 Å². The van der Waals surface area contributed by atoms with Gasteiger partial charge in [-0.25, -0.2) is 4.39 Å². The van der Waals surface area contributed by atoms with Gasteiger partial charge in [0.05, 0.1) is 0 Å². The summed E-state index contributed by atoms with van der Waals surface area (Å²) in [5.41, 5.74) is 1.02. The summed E-state index contributed by atoms with van der Waals surface area (Å²) >= 11 is 1.77. The molecule has 1 aromatic carbocycles. The molecule has 6 heteroatoms. The number of nitrogens with zero attached hydrogens (tertiary/aromatic N) is 1. The highest BCUT2D eigenvalue weighted by molar-refractivity contribution is 14.0. The smallest absolute Gasteiger partial charge is 0.191 e. The van der Waals surface area contributed by atoms with E-state index in [1.165, 1.54) is 17.0 Å². The van der Waals surface area contributed by atoms with E-state index in [-0.39, 0.29) is 29.8 Å². The standard InChI is InChI=1S/C16H20FN3S.HI/c1-12(15-4-3-9-21-15)10-19-16(18-2)20-11-13-5-7-14(17)8-6-13;/h3-9,12H,10-11H2,1-2H3,(H2,18,19,20);1H. The number of nitrogens with one attached hydrogen (secondary N) is 2. The lowest BCUT2D eigenvalue weighted by Gasteiger charge is -2.15. The van der Waals surface area contributed by atoms with E-state index in [0.717, 1.165) is 18.1 Å². The maximum absolute atomic E-state index is 12.8. The average Bonchev–Trinajstić information content (AvgIpc) is 3.03. The molecule has 0 aliphatic heterocycles. The first-order valence-corrected chi connectivity index (χ1v) is 7.79. The molecule has 0 bridgehead atoms. The summed E-state index contributed by atoms with van der Waals surface area (Å²) in [7, 11) is 1.75. The van der Waals surface area contributed by atoms with Crippen molar-refractivity contribution in [1.29, 1.82) is 0 Å². The highest BCUT2D eigenvalue weighted by atomic mass is 127. The van der Waals surface area contributed by atoms with Gasteiger partial charge in [0.25, 0.3) is 0 Å². The van der Waals surface area contributed by atoms with Gasteiger partial charge in [0.15, 0.2) is 5.96 Å². The number of rotatable bonds is 5. The van der Waals surface area contributed by atoms with Crippen LogP contribution >= 0.6 is 35.3 Å². The first-order valence-electron chi connectivity index (χ1n) is 6.91. The van der Waals surface area contributed by atoms with Gasteiger partial charge in [-0.05, 0) is 29.1 Å². The van der Waals surface area contributed by atoms with Crippen LogP contribution in [0.5, 0.6) is 0 Å². The van der Waals surface area contributed by atoms with Gasteiger partial charge in [-0.3, -0.25) is 4.99 Å². The molecule has 0 aliphatic rings. The van der Waals surface area contributed by atoms with E-state index in [4.69, 9.17) is 0 Å². The Morgan fingerprint density at radius 2 is 1.95 bits per heavy atom. The molecule has 22 heavy (non-hydrogen) atoms. The van der Waals surface area contributed by atoms with Crippen molar-refractivity contribution < 1.29 is 4.39 Å². The second-order valence-corrected chi connectivity index (χ2v) is 5.83. The van der Waals surface area contributed by atoms with E-state index >= 15 is 0 Å². The van der Waals surface area contributed by atoms with Crippen molar-refractivity contribution in [2.75, 3.05) is 13.6 Å². The van der Waals surface area contributed by atoms with Gasteiger partial charge in [0.2, 0.25) is 0 Å². The fraction of sp³-hybridized carbons (Fsp3) is 0.312. The van der Waals surface area contributed by atoms with E-state index in [1.54, 1.807) is 30.5 Å². The minimum Gasteiger partial charge on any atom is -0.356 e. The molecule has 2 N–H and O–H groups in total. The van der Waals surface area contributed by atoms with E-state index in [2.05, 4.69) is 40.1 Å². The third-order valence-electron chi connectivity index (χ3n) is 3.20. The van der Waals surface area contributed by atoms with E-state index in [1.807, 2.05) is 0 Å². The van der Waals surface area contributed by atoms with Crippen LogP contribution in [-0.2, 0) is 6.54 Å². The van der Waals surface area contributed by atoms with E-state index in [0.29, 0.717) is 12.5 Å². The van der Waals surface area contributed by atoms with Crippen LogP contribution in [0.4, 0.5) is 4.39 Å². The molecule has 0 aliphatic carbocycles. The van der Waals surface area contributed by atoms with E-state index in [9.17, 15) is 4.39 Å². The Hall–Kier alpha value is -1.15. The van der Waals surface area contributed by atoms with Gasteiger partial charge >= 0.3 is 0 Å². The lowest BCUT2D eigenvalue weighted by Crippen LogP contribution is -2.38. The zero-order valence-corrected chi connectivity index (χ0v) is 15.8. The van der Waals surface area contributed by atoms with Crippen LogP contribution in [0.3, 0.4) is 0 Å². The fourth-order valence-corrected chi connectivity index (χ4v) is 2.72. The van der Waals surface area contributed by atoms with Crippen LogP contribution in [0.2, 0.25) is 0 Å². The van der Waals surface area contributed by atoms with Crippen molar-refractivity contribution in [3.8, 4) is 0 Å². The number of thiophene rings is 1. The lowest BCUT2D eigenvalue weighted by atomic mass is 10.1. The third kappa shape index (κ3) is 5.92.